The minimum absolute atomic E-state index is 0.137. The Morgan fingerprint density at radius 3 is 2.86 bits per heavy atom. The van der Waals surface area contributed by atoms with Crippen LogP contribution in [0.3, 0.4) is 0 Å². The molecule has 21 heavy (non-hydrogen) atoms. The molecule has 1 aliphatic heterocycles. The summed E-state index contributed by atoms with van der Waals surface area (Å²) in [4.78, 5) is 19.7. The maximum atomic E-state index is 11.7. The lowest BCUT2D eigenvalue weighted by Crippen LogP contribution is -2.44. The number of likely N-dealkylation sites (tertiary alicyclic amines) is 1. The molecule has 1 aliphatic rings. The average molecular weight is 287 g/mol. The lowest BCUT2D eigenvalue weighted by atomic mass is 10.0. The van der Waals surface area contributed by atoms with Crippen LogP contribution in [0.2, 0.25) is 0 Å². The van der Waals surface area contributed by atoms with Gasteiger partial charge in [-0.2, -0.15) is 5.26 Å². The summed E-state index contributed by atoms with van der Waals surface area (Å²) in [6.45, 7) is 2.24. The van der Waals surface area contributed by atoms with Crippen molar-refractivity contribution in [2.45, 2.75) is 18.9 Å². The number of nitrogens with one attached hydrogen (secondary N) is 1. The van der Waals surface area contributed by atoms with Crippen molar-refractivity contribution in [1.82, 2.24) is 14.8 Å². The predicted molar refractivity (Wildman–Crippen MR) is 80.7 cm³/mol. The Labute approximate surface area is 125 Å². The maximum absolute atomic E-state index is 11.7. The molecular formula is C15H21N5O. The second-order valence-electron chi connectivity index (χ2n) is 5.49. The van der Waals surface area contributed by atoms with E-state index in [1.54, 1.807) is 37.3 Å². The van der Waals surface area contributed by atoms with E-state index in [1.165, 1.54) is 0 Å². The Morgan fingerprint density at radius 1 is 1.52 bits per heavy atom. The summed E-state index contributed by atoms with van der Waals surface area (Å²) in [5.74, 6) is 0.792. The number of likely N-dealkylation sites (N-methyl/N-ethyl adjacent to an activating group) is 1. The summed E-state index contributed by atoms with van der Waals surface area (Å²) in [7, 11) is 3.56. The van der Waals surface area contributed by atoms with Crippen molar-refractivity contribution in [2.24, 2.45) is 0 Å². The van der Waals surface area contributed by atoms with E-state index in [9.17, 15) is 4.79 Å². The molecule has 0 aromatic carbocycles. The summed E-state index contributed by atoms with van der Waals surface area (Å²) in [5.41, 5.74) is 0.572. The molecule has 0 bridgehead atoms. The van der Waals surface area contributed by atoms with Crippen molar-refractivity contribution >= 4 is 11.7 Å². The molecular weight excluding hydrogens is 266 g/mol. The first-order valence-electron chi connectivity index (χ1n) is 7.14. The molecule has 2 heterocycles. The lowest BCUT2D eigenvalue weighted by molar-refractivity contribution is -0.130. The largest absolute Gasteiger partial charge is 0.366 e. The topological polar surface area (TPSA) is 72.3 Å². The van der Waals surface area contributed by atoms with Crippen LogP contribution in [0.15, 0.2) is 18.3 Å². The van der Waals surface area contributed by atoms with Gasteiger partial charge in [0.15, 0.2) is 0 Å². The SMILES string of the molecule is CN(C)C(=O)CN1CCC(Nc2ncccc2C#N)CC1. The van der Waals surface area contributed by atoms with Crippen LogP contribution >= 0.6 is 0 Å². The quantitative estimate of drug-likeness (QED) is 0.891. The molecule has 1 aromatic heterocycles. The zero-order valence-corrected chi connectivity index (χ0v) is 12.5. The van der Waals surface area contributed by atoms with Crippen molar-refractivity contribution in [3.63, 3.8) is 0 Å². The number of aromatic nitrogens is 1. The number of carbonyl (C=O) groups excluding carboxylic acids is 1. The minimum atomic E-state index is 0.137. The van der Waals surface area contributed by atoms with Gasteiger partial charge < -0.3 is 10.2 Å². The summed E-state index contributed by atoms with van der Waals surface area (Å²) in [6.07, 6.45) is 3.58. The molecule has 0 unspecified atom stereocenters. The highest BCUT2D eigenvalue weighted by atomic mass is 16.2. The molecule has 2 rings (SSSR count). The molecule has 0 spiro atoms. The van der Waals surface area contributed by atoms with Crippen molar-refractivity contribution in [2.75, 3.05) is 39.0 Å². The van der Waals surface area contributed by atoms with Crippen LogP contribution in [0.1, 0.15) is 18.4 Å². The van der Waals surface area contributed by atoms with E-state index < -0.39 is 0 Å². The third-order valence-electron chi connectivity index (χ3n) is 3.71. The summed E-state index contributed by atoms with van der Waals surface area (Å²) in [5, 5.41) is 12.4. The fourth-order valence-electron chi connectivity index (χ4n) is 2.37. The van der Waals surface area contributed by atoms with Gasteiger partial charge in [0, 0.05) is 39.4 Å². The molecule has 112 valence electrons. The molecule has 1 N–H and O–H groups in total. The molecule has 0 aliphatic carbocycles. The van der Waals surface area contributed by atoms with Crippen molar-refractivity contribution in [3.8, 4) is 6.07 Å². The first-order chi connectivity index (χ1) is 10.1. The average Bonchev–Trinajstić information content (AvgIpc) is 2.49. The normalized spacial score (nSPS) is 16.2. The first kappa shape index (κ1) is 15.3. The van der Waals surface area contributed by atoms with Crippen molar-refractivity contribution < 1.29 is 4.79 Å². The Morgan fingerprint density at radius 2 is 2.24 bits per heavy atom. The number of carbonyl (C=O) groups is 1. The first-order valence-corrected chi connectivity index (χ1v) is 7.14. The number of hydrogen-bond acceptors (Lipinski definition) is 5. The fraction of sp³-hybridized carbons (Fsp3) is 0.533. The van der Waals surface area contributed by atoms with Crippen LogP contribution in [0.4, 0.5) is 5.82 Å². The number of nitrogens with zero attached hydrogens (tertiary/aromatic N) is 4. The van der Waals surface area contributed by atoms with E-state index in [0.29, 0.717) is 24.0 Å². The number of pyridine rings is 1. The molecule has 1 fully saturated rings. The molecule has 6 heteroatoms. The fourth-order valence-corrected chi connectivity index (χ4v) is 2.37. The Bertz CT molecular complexity index is 529. The third kappa shape index (κ3) is 4.17. The Kier molecular flexibility index (Phi) is 5.12. The summed E-state index contributed by atoms with van der Waals surface area (Å²) >= 11 is 0. The summed E-state index contributed by atoms with van der Waals surface area (Å²) in [6, 6.07) is 5.98. The van der Waals surface area contributed by atoms with Gasteiger partial charge in [-0.3, -0.25) is 9.69 Å². The molecule has 1 saturated heterocycles. The number of anilines is 1. The van der Waals surface area contributed by atoms with E-state index in [0.717, 1.165) is 25.9 Å². The van der Waals surface area contributed by atoms with Crippen LogP contribution in [-0.4, -0.2) is 60.5 Å². The number of amides is 1. The smallest absolute Gasteiger partial charge is 0.236 e. The zero-order chi connectivity index (χ0) is 15.2. The number of hydrogen-bond donors (Lipinski definition) is 1. The number of piperidine rings is 1. The second-order valence-corrected chi connectivity index (χ2v) is 5.49. The molecule has 0 radical (unpaired) electrons. The van der Waals surface area contributed by atoms with E-state index in [2.05, 4.69) is 21.3 Å². The third-order valence-corrected chi connectivity index (χ3v) is 3.71. The standard InChI is InChI=1S/C15H21N5O/c1-19(2)14(21)11-20-8-5-13(6-9-20)18-15-12(10-16)4-3-7-17-15/h3-4,7,13H,5-6,8-9,11H2,1-2H3,(H,17,18). The lowest BCUT2D eigenvalue weighted by Gasteiger charge is -2.32. The van der Waals surface area contributed by atoms with E-state index >= 15 is 0 Å². The van der Waals surface area contributed by atoms with Gasteiger partial charge in [0.2, 0.25) is 5.91 Å². The number of nitriles is 1. The van der Waals surface area contributed by atoms with Gasteiger partial charge in [-0.05, 0) is 25.0 Å². The van der Waals surface area contributed by atoms with Gasteiger partial charge in [0.05, 0.1) is 12.1 Å². The monoisotopic (exact) mass is 287 g/mol. The molecule has 1 amide bonds. The predicted octanol–water partition coefficient (Wildman–Crippen LogP) is 0.918. The number of rotatable bonds is 4. The minimum Gasteiger partial charge on any atom is -0.366 e. The van der Waals surface area contributed by atoms with Crippen LogP contribution in [0.5, 0.6) is 0 Å². The van der Waals surface area contributed by atoms with Crippen LogP contribution in [0.25, 0.3) is 0 Å². The molecule has 0 atom stereocenters. The van der Waals surface area contributed by atoms with Gasteiger partial charge in [0.1, 0.15) is 11.9 Å². The van der Waals surface area contributed by atoms with E-state index in [-0.39, 0.29) is 5.91 Å². The van der Waals surface area contributed by atoms with Gasteiger partial charge in [0.25, 0.3) is 0 Å². The molecule has 6 nitrogen and oxygen atoms in total. The maximum Gasteiger partial charge on any atom is 0.236 e. The Hall–Kier alpha value is -2.13. The van der Waals surface area contributed by atoms with Gasteiger partial charge in [-0.25, -0.2) is 4.98 Å². The highest BCUT2D eigenvalue weighted by Gasteiger charge is 2.22. The van der Waals surface area contributed by atoms with Gasteiger partial charge >= 0.3 is 0 Å². The highest BCUT2D eigenvalue weighted by Crippen LogP contribution is 2.17. The molecule has 0 saturated carbocycles. The van der Waals surface area contributed by atoms with Crippen LogP contribution < -0.4 is 5.32 Å². The summed E-state index contributed by atoms with van der Waals surface area (Å²) < 4.78 is 0. The van der Waals surface area contributed by atoms with Crippen LogP contribution in [-0.2, 0) is 4.79 Å². The van der Waals surface area contributed by atoms with Gasteiger partial charge in [-0.1, -0.05) is 0 Å². The highest BCUT2D eigenvalue weighted by molar-refractivity contribution is 5.77. The zero-order valence-electron chi connectivity index (χ0n) is 12.5. The van der Waals surface area contributed by atoms with Gasteiger partial charge in [-0.15, -0.1) is 0 Å². The van der Waals surface area contributed by atoms with E-state index in [4.69, 9.17) is 5.26 Å². The van der Waals surface area contributed by atoms with Crippen LogP contribution in [0, 0.1) is 11.3 Å². The Balaban J connectivity index is 1.84. The van der Waals surface area contributed by atoms with Crippen molar-refractivity contribution in [1.29, 1.82) is 5.26 Å². The second kappa shape index (κ2) is 7.04. The van der Waals surface area contributed by atoms with Crippen molar-refractivity contribution in [3.05, 3.63) is 23.9 Å². The molecule has 1 aromatic rings. The van der Waals surface area contributed by atoms with E-state index in [1.807, 2.05) is 0 Å².